The average molecular weight is 238 g/mol. The van der Waals surface area contributed by atoms with E-state index in [9.17, 15) is 4.79 Å². The predicted octanol–water partition coefficient (Wildman–Crippen LogP) is 3.30. The van der Waals surface area contributed by atoms with E-state index in [0.717, 1.165) is 24.3 Å². The lowest BCUT2D eigenvalue weighted by Gasteiger charge is -2.03. The Bertz CT molecular complexity index is 319. The summed E-state index contributed by atoms with van der Waals surface area (Å²) in [4.78, 5) is 11.4. The summed E-state index contributed by atoms with van der Waals surface area (Å²) < 4.78 is 5.08. The molecule has 0 amide bonds. The third kappa shape index (κ3) is 4.71. The summed E-state index contributed by atoms with van der Waals surface area (Å²) in [5.41, 5.74) is 1.19. The van der Waals surface area contributed by atoms with Crippen LogP contribution in [0.1, 0.15) is 25.3 Å². The topological polar surface area (TPSA) is 26.3 Å². The molecule has 0 aliphatic carbocycles. The molecule has 16 heavy (non-hydrogen) atoms. The van der Waals surface area contributed by atoms with E-state index in [2.05, 4.69) is 6.92 Å². The Morgan fingerprint density at radius 3 is 2.56 bits per heavy atom. The van der Waals surface area contributed by atoms with E-state index in [4.69, 9.17) is 4.74 Å². The van der Waals surface area contributed by atoms with Crippen molar-refractivity contribution < 1.29 is 9.53 Å². The number of hydrogen-bond acceptors (Lipinski definition) is 3. The van der Waals surface area contributed by atoms with Crippen LogP contribution in [0.15, 0.2) is 24.3 Å². The molecule has 0 fully saturated rings. The SMILES string of the molecule is CCCSC(=O)CCc1ccc(OC)cc1. The Morgan fingerprint density at radius 2 is 2.00 bits per heavy atom. The highest BCUT2D eigenvalue weighted by Gasteiger charge is 2.02. The van der Waals surface area contributed by atoms with Gasteiger partial charge in [0.1, 0.15) is 5.75 Å². The first-order valence-corrected chi connectivity index (χ1v) is 6.53. The van der Waals surface area contributed by atoms with Crippen molar-refractivity contribution in [1.29, 1.82) is 0 Å². The quantitative estimate of drug-likeness (QED) is 0.760. The van der Waals surface area contributed by atoms with Crippen LogP contribution in [0.3, 0.4) is 0 Å². The van der Waals surface area contributed by atoms with Crippen LogP contribution in [-0.4, -0.2) is 18.0 Å². The lowest BCUT2D eigenvalue weighted by atomic mass is 10.1. The Balaban J connectivity index is 2.33. The molecule has 0 aromatic heterocycles. The molecule has 0 radical (unpaired) electrons. The zero-order chi connectivity index (χ0) is 11.8. The molecule has 1 aromatic carbocycles. The summed E-state index contributed by atoms with van der Waals surface area (Å²) in [5.74, 6) is 1.79. The molecule has 88 valence electrons. The number of methoxy groups -OCH3 is 1. The van der Waals surface area contributed by atoms with Crippen molar-refractivity contribution in [3.63, 3.8) is 0 Å². The number of carbonyl (C=O) groups excluding carboxylic acids is 1. The van der Waals surface area contributed by atoms with E-state index in [1.54, 1.807) is 7.11 Å². The van der Waals surface area contributed by atoms with Gasteiger partial charge in [0.2, 0.25) is 0 Å². The molecule has 1 rings (SSSR count). The molecule has 0 spiro atoms. The van der Waals surface area contributed by atoms with Crippen LogP contribution in [0.5, 0.6) is 5.75 Å². The monoisotopic (exact) mass is 238 g/mol. The van der Waals surface area contributed by atoms with Crippen molar-refractivity contribution in [2.45, 2.75) is 26.2 Å². The van der Waals surface area contributed by atoms with Gasteiger partial charge in [0, 0.05) is 12.2 Å². The maximum atomic E-state index is 11.4. The molecule has 0 aliphatic rings. The fraction of sp³-hybridized carbons (Fsp3) is 0.462. The van der Waals surface area contributed by atoms with Gasteiger partial charge in [0.25, 0.3) is 0 Å². The second-order valence-electron chi connectivity index (χ2n) is 3.57. The van der Waals surface area contributed by atoms with Gasteiger partial charge in [-0.05, 0) is 30.5 Å². The van der Waals surface area contributed by atoms with Crippen molar-refractivity contribution in [2.75, 3.05) is 12.9 Å². The van der Waals surface area contributed by atoms with E-state index >= 15 is 0 Å². The lowest BCUT2D eigenvalue weighted by molar-refractivity contribution is -0.110. The van der Waals surface area contributed by atoms with E-state index in [-0.39, 0.29) is 5.12 Å². The Labute approximate surface area is 101 Å². The van der Waals surface area contributed by atoms with Crippen LogP contribution in [0.25, 0.3) is 0 Å². The van der Waals surface area contributed by atoms with Gasteiger partial charge < -0.3 is 4.74 Å². The molecular weight excluding hydrogens is 220 g/mol. The number of carbonyl (C=O) groups is 1. The third-order valence-corrected chi connectivity index (χ3v) is 3.38. The molecule has 0 atom stereocenters. The minimum atomic E-state index is 0.290. The smallest absolute Gasteiger partial charge is 0.189 e. The van der Waals surface area contributed by atoms with Gasteiger partial charge in [0.15, 0.2) is 5.12 Å². The van der Waals surface area contributed by atoms with Gasteiger partial charge in [0.05, 0.1) is 7.11 Å². The zero-order valence-corrected chi connectivity index (χ0v) is 10.7. The molecule has 2 nitrogen and oxygen atoms in total. The molecular formula is C13H18O2S. The zero-order valence-electron chi connectivity index (χ0n) is 9.86. The van der Waals surface area contributed by atoms with E-state index in [1.807, 2.05) is 24.3 Å². The van der Waals surface area contributed by atoms with Gasteiger partial charge in [-0.25, -0.2) is 0 Å². The fourth-order valence-electron chi connectivity index (χ4n) is 1.33. The average Bonchev–Trinajstić information content (AvgIpc) is 2.34. The van der Waals surface area contributed by atoms with Crippen LogP contribution < -0.4 is 4.74 Å². The van der Waals surface area contributed by atoms with Crippen molar-refractivity contribution in [3.8, 4) is 5.75 Å². The third-order valence-electron chi connectivity index (χ3n) is 2.24. The van der Waals surface area contributed by atoms with Gasteiger partial charge in [-0.2, -0.15) is 0 Å². The molecule has 0 heterocycles. The summed E-state index contributed by atoms with van der Waals surface area (Å²) in [6, 6.07) is 7.88. The molecule has 0 aliphatic heterocycles. The summed E-state index contributed by atoms with van der Waals surface area (Å²) in [6.07, 6.45) is 2.50. The lowest BCUT2D eigenvalue weighted by Crippen LogP contribution is -1.96. The van der Waals surface area contributed by atoms with Crippen LogP contribution in [0, 0.1) is 0 Å². The minimum Gasteiger partial charge on any atom is -0.497 e. The van der Waals surface area contributed by atoms with Crippen molar-refractivity contribution >= 4 is 16.9 Å². The molecule has 1 aromatic rings. The largest absolute Gasteiger partial charge is 0.497 e. The predicted molar refractivity (Wildman–Crippen MR) is 69.1 cm³/mol. The summed E-state index contributed by atoms with van der Waals surface area (Å²) in [6.45, 7) is 2.09. The number of benzene rings is 1. The normalized spacial score (nSPS) is 10.1. The maximum Gasteiger partial charge on any atom is 0.189 e. The number of thioether (sulfide) groups is 1. The molecule has 0 saturated heterocycles. The number of ether oxygens (including phenoxy) is 1. The summed E-state index contributed by atoms with van der Waals surface area (Å²) in [5, 5.41) is 0.290. The maximum absolute atomic E-state index is 11.4. The first-order valence-electron chi connectivity index (χ1n) is 5.54. The highest BCUT2D eigenvalue weighted by Crippen LogP contribution is 2.14. The van der Waals surface area contributed by atoms with Crippen LogP contribution >= 0.6 is 11.8 Å². The minimum absolute atomic E-state index is 0.290. The standard InChI is InChI=1S/C13H18O2S/c1-3-10-16-13(14)9-6-11-4-7-12(15-2)8-5-11/h4-5,7-8H,3,6,9-10H2,1-2H3. The van der Waals surface area contributed by atoms with Crippen LogP contribution in [-0.2, 0) is 11.2 Å². The van der Waals surface area contributed by atoms with E-state index in [0.29, 0.717) is 6.42 Å². The Morgan fingerprint density at radius 1 is 1.31 bits per heavy atom. The van der Waals surface area contributed by atoms with Crippen LogP contribution in [0.2, 0.25) is 0 Å². The van der Waals surface area contributed by atoms with Crippen molar-refractivity contribution in [1.82, 2.24) is 0 Å². The first kappa shape index (κ1) is 13.1. The van der Waals surface area contributed by atoms with Crippen LogP contribution in [0.4, 0.5) is 0 Å². The molecule has 0 bridgehead atoms. The van der Waals surface area contributed by atoms with Gasteiger partial charge in [-0.3, -0.25) is 4.79 Å². The molecule has 3 heteroatoms. The second kappa shape index (κ2) is 7.34. The Hall–Kier alpha value is -0.960. The first-order chi connectivity index (χ1) is 7.76. The summed E-state index contributed by atoms with van der Waals surface area (Å²) >= 11 is 1.44. The van der Waals surface area contributed by atoms with Gasteiger partial charge >= 0.3 is 0 Å². The highest BCUT2D eigenvalue weighted by molar-refractivity contribution is 8.13. The number of aryl methyl sites for hydroxylation is 1. The van der Waals surface area contributed by atoms with Crippen molar-refractivity contribution in [2.24, 2.45) is 0 Å². The van der Waals surface area contributed by atoms with Crippen molar-refractivity contribution in [3.05, 3.63) is 29.8 Å². The molecule has 0 saturated carbocycles. The second-order valence-corrected chi connectivity index (χ2v) is 4.72. The summed E-state index contributed by atoms with van der Waals surface area (Å²) in [7, 11) is 1.65. The van der Waals surface area contributed by atoms with Gasteiger partial charge in [-0.1, -0.05) is 30.8 Å². The van der Waals surface area contributed by atoms with Gasteiger partial charge in [-0.15, -0.1) is 0 Å². The van der Waals surface area contributed by atoms with E-state index in [1.165, 1.54) is 17.3 Å². The molecule has 0 unspecified atom stereocenters. The fourth-order valence-corrected chi connectivity index (χ4v) is 2.00. The molecule has 0 N–H and O–H groups in total. The Kier molecular flexibility index (Phi) is 6.01. The highest BCUT2D eigenvalue weighted by atomic mass is 32.2. The number of hydrogen-bond donors (Lipinski definition) is 0. The van der Waals surface area contributed by atoms with E-state index < -0.39 is 0 Å². The number of rotatable bonds is 6.